The van der Waals surface area contributed by atoms with Gasteiger partial charge in [0.1, 0.15) is 10.6 Å². The van der Waals surface area contributed by atoms with E-state index < -0.39 is 17.4 Å². The summed E-state index contributed by atoms with van der Waals surface area (Å²) in [4.78, 5) is 7.65. The second kappa shape index (κ2) is 7.31. The third-order valence-corrected chi connectivity index (χ3v) is 4.64. The number of halogens is 4. The van der Waals surface area contributed by atoms with Gasteiger partial charge in [0.25, 0.3) is 0 Å². The standard InChI is InChI=1S/C16H13F4N5S2/c1-2-22-14(26)8-3-4-9-10(7-25(27-20)12(9)5-8)13-11(16(17,18)19)6-23-15(21)24-13/h3-7H,2H2,1H3,(H,22,26)(H2,21,23,24). The minimum Gasteiger partial charge on any atom is -0.376 e. The van der Waals surface area contributed by atoms with E-state index in [9.17, 15) is 17.1 Å². The van der Waals surface area contributed by atoms with Crippen molar-refractivity contribution in [2.45, 2.75) is 13.1 Å². The van der Waals surface area contributed by atoms with Crippen LogP contribution < -0.4 is 11.1 Å². The molecule has 0 radical (unpaired) electrons. The molecule has 0 aliphatic heterocycles. The van der Waals surface area contributed by atoms with Crippen LogP contribution in [0.3, 0.4) is 0 Å². The van der Waals surface area contributed by atoms with Gasteiger partial charge in [-0.15, -0.1) is 3.89 Å². The number of nitrogen functional groups attached to an aromatic ring is 1. The van der Waals surface area contributed by atoms with Crippen molar-refractivity contribution >= 4 is 46.4 Å². The number of rotatable bonds is 4. The molecule has 5 nitrogen and oxygen atoms in total. The van der Waals surface area contributed by atoms with Gasteiger partial charge in [-0.1, -0.05) is 24.4 Å². The number of benzene rings is 1. The Labute approximate surface area is 161 Å². The summed E-state index contributed by atoms with van der Waals surface area (Å²) in [5.41, 5.74) is 5.11. The Morgan fingerprint density at radius 2 is 2.11 bits per heavy atom. The van der Waals surface area contributed by atoms with Crippen LogP contribution in [0.15, 0.2) is 30.6 Å². The van der Waals surface area contributed by atoms with Gasteiger partial charge < -0.3 is 11.1 Å². The number of aromatic nitrogens is 3. The summed E-state index contributed by atoms with van der Waals surface area (Å²) in [6, 6.07) is 4.84. The predicted molar refractivity (Wildman–Crippen MR) is 102 cm³/mol. The Kier molecular flexibility index (Phi) is 5.24. The van der Waals surface area contributed by atoms with Crippen molar-refractivity contribution in [2.75, 3.05) is 12.3 Å². The van der Waals surface area contributed by atoms with E-state index >= 15 is 0 Å². The lowest BCUT2D eigenvalue weighted by atomic mass is 10.0. The van der Waals surface area contributed by atoms with Crippen molar-refractivity contribution in [3.05, 3.63) is 41.7 Å². The molecule has 27 heavy (non-hydrogen) atoms. The molecular formula is C16H13F4N5S2. The van der Waals surface area contributed by atoms with Crippen molar-refractivity contribution in [3.63, 3.8) is 0 Å². The quantitative estimate of drug-likeness (QED) is 0.487. The summed E-state index contributed by atoms with van der Waals surface area (Å²) in [7, 11) is 0. The highest BCUT2D eigenvalue weighted by molar-refractivity contribution is 7.92. The molecule has 3 rings (SSSR count). The van der Waals surface area contributed by atoms with Crippen LogP contribution in [0.25, 0.3) is 22.2 Å². The maximum atomic E-state index is 13.4. The Bertz CT molecular complexity index is 1020. The highest BCUT2D eigenvalue weighted by Crippen LogP contribution is 2.40. The van der Waals surface area contributed by atoms with Gasteiger partial charge in [0, 0.05) is 35.5 Å². The number of thiocarbonyl (C=S) groups is 1. The lowest BCUT2D eigenvalue weighted by Gasteiger charge is -2.11. The van der Waals surface area contributed by atoms with Crippen molar-refractivity contribution < 1.29 is 17.1 Å². The van der Waals surface area contributed by atoms with Gasteiger partial charge in [-0.05, 0) is 13.0 Å². The number of nitrogens with zero attached hydrogens (tertiary/aromatic N) is 3. The van der Waals surface area contributed by atoms with Gasteiger partial charge in [-0.3, -0.25) is 3.97 Å². The van der Waals surface area contributed by atoms with Crippen LogP contribution in [0.4, 0.5) is 23.0 Å². The summed E-state index contributed by atoms with van der Waals surface area (Å²) in [6.07, 6.45) is -2.82. The Balaban J connectivity index is 2.25. The maximum absolute atomic E-state index is 13.4. The molecule has 2 aromatic heterocycles. The van der Waals surface area contributed by atoms with E-state index in [0.717, 1.165) is 3.97 Å². The van der Waals surface area contributed by atoms with Crippen molar-refractivity contribution in [2.24, 2.45) is 0 Å². The highest BCUT2D eigenvalue weighted by atomic mass is 32.2. The van der Waals surface area contributed by atoms with Crippen LogP contribution in [-0.4, -0.2) is 25.5 Å². The monoisotopic (exact) mass is 415 g/mol. The van der Waals surface area contributed by atoms with Gasteiger partial charge in [0.05, 0.1) is 11.2 Å². The molecule has 0 aliphatic carbocycles. The van der Waals surface area contributed by atoms with Gasteiger partial charge in [-0.25, -0.2) is 9.97 Å². The average molecular weight is 415 g/mol. The summed E-state index contributed by atoms with van der Waals surface area (Å²) in [5, 5.41) is 3.36. The Hall–Kier alpha value is -2.40. The zero-order chi connectivity index (χ0) is 19.8. The van der Waals surface area contributed by atoms with Crippen molar-refractivity contribution in [1.29, 1.82) is 0 Å². The molecular weight excluding hydrogens is 402 g/mol. The molecule has 0 saturated carbocycles. The van der Waals surface area contributed by atoms with E-state index in [1.807, 2.05) is 6.92 Å². The normalized spacial score (nSPS) is 11.7. The van der Waals surface area contributed by atoms with Gasteiger partial charge in [-0.2, -0.15) is 13.2 Å². The summed E-state index contributed by atoms with van der Waals surface area (Å²) in [5.74, 6) is -0.309. The fraction of sp³-hybridized carbons (Fsp3) is 0.188. The van der Waals surface area contributed by atoms with Crippen LogP contribution >= 0.6 is 24.6 Å². The molecule has 3 aromatic rings. The van der Waals surface area contributed by atoms with Gasteiger partial charge in [0.2, 0.25) is 5.95 Å². The number of fused-ring (bicyclic) bond motifs is 1. The maximum Gasteiger partial charge on any atom is 0.419 e. The van der Waals surface area contributed by atoms with Gasteiger partial charge >= 0.3 is 6.18 Å². The second-order valence-electron chi connectivity index (χ2n) is 5.52. The first kappa shape index (κ1) is 19.4. The number of hydrogen-bond donors (Lipinski definition) is 2. The summed E-state index contributed by atoms with van der Waals surface area (Å²) in [6.45, 7) is 2.48. The molecule has 0 amide bonds. The molecule has 0 bridgehead atoms. The molecule has 11 heteroatoms. The molecule has 1 aromatic carbocycles. The smallest absolute Gasteiger partial charge is 0.376 e. The first-order valence-electron chi connectivity index (χ1n) is 7.68. The number of anilines is 1. The number of hydrogen-bond acceptors (Lipinski definition) is 5. The first-order valence-corrected chi connectivity index (χ1v) is 8.77. The molecule has 2 heterocycles. The first-order chi connectivity index (χ1) is 12.8. The van der Waals surface area contributed by atoms with E-state index in [-0.39, 0.29) is 23.8 Å². The number of nitrogens with one attached hydrogen (secondary N) is 1. The van der Waals surface area contributed by atoms with Gasteiger partial charge in [0.15, 0.2) is 12.3 Å². The van der Waals surface area contributed by atoms with E-state index in [2.05, 4.69) is 15.3 Å². The summed E-state index contributed by atoms with van der Waals surface area (Å²) >= 11 is 5.10. The zero-order valence-electron chi connectivity index (χ0n) is 13.8. The van der Waals surface area contributed by atoms with E-state index in [4.69, 9.17) is 18.0 Å². The van der Waals surface area contributed by atoms with E-state index in [1.165, 1.54) is 6.20 Å². The molecule has 0 spiro atoms. The predicted octanol–water partition coefficient (Wildman–Crippen LogP) is 4.37. The highest BCUT2D eigenvalue weighted by Gasteiger charge is 2.36. The zero-order valence-corrected chi connectivity index (χ0v) is 15.5. The van der Waals surface area contributed by atoms with Crippen LogP contribution in [-0.2, 0) is 6.18 Å². The third-order valence-electron chi connectivity index (χ3n) is 3.81. The Morgan fingerprint density at radius 1 is 1.37 bits per heavy atom. The fourth-order valence-electron chi connectivity index (χ4n) is 2.66. The largest absolute Gasteiger partial charge is 0.419 e. The van der Waals surface area contributed by atoms with E-state index in [0.29, 0.717) is 34.2 Å². The Morgan fingerprint density at radius 3 is 2.74 bits per heavy atom. The van der Waals surface area contributed by atoms with Crippen molar-refractivity contribution in [3.8, 4) is 11.3 Å². The topological polar surface area (TPSA) is 68.8 Å². The molecule has 0 aliphatic rings. The lowest BCUT2D eigenvalue weighted by Crippen LogP contribution is -2.21. The number of alkyl halides is 3. The third kappa shape index (κ3) is 3.69. The fourth-order valence-corrected chi connectivity index (χ4v) is 3.30. The molecule has 142 valence electrons. The van der Waals surface area contributed by atoms with Crippen LogP contribution in [0.2, 0.25) is 0 Å². The van der Waals surface area contributed by atoms with Crippen LogP contribution in [0.1, 0.15) is 18.1 Å². The molecule has 0 unspecified atom stereocenters. The van der Waals surface area contributed by atoms with Crippen molar-refractivity contribution in [1.82, 2.24) is 19.3 Å². The number of nitrogens with two attached hydrogens (primary N) is 1. The molecule has 0 fully saturated rings. The second-order valence-corrected chi connectivity index (χ2v) is 6.46. The van der Waals surface area contributed by atoms with E-state index in [1.54, 1.807) is 18.2 Å². The SMILES string of the molecule is CCNC(=S)c1ccc2c(-c3nc(N)ncc3C(F)(F)F)cn(SF)c2c1. The minimum absolute atomic E-state index is 0.0949. The minimum atomic E-state index is -4.69. The van der Waals surface area contributed by atoms with Crippen LogP contribution in [0.5, 0.6) is 0 Å². The molecule has 3 N–H and O–H groups in total. The molecule has 0 atom stereocenters. The lowest BCUT2D eigenvalue weighted by molar-refractivity contribution is -0.137. The molecule has 0 saturated heterocycles. The summed E-state index contributed by atoms with van der Waals surface area (Å²) < 4.78 is 54.7. The average Bonchev–Trinajstić information content (AvgIpc) is 2.98. The van der Waals surface area contributed by atoms with Crippen LogP contribution in [0, 0.1) is 0 Å².